The number of benzene rings is 2. The summed E-state index contributed by atoms with van der Waals surface area (Å²) in [4.78, 5) is 11.1. The third-order valence-electron chi connectivity index (χ3n) is 3.02. The average Bonchev–Trinajstić information content (AvgIpc) is 2.40. The van der Waals surface area contributed by atoms with Gasteiger partial charge < -0.3 is 11.1 Å². The van der Waals surface area contributed by atoms with Crippen LogP contribution in [0.4, 0.5) is 5.69 Å². The van der Waals surface area contributed by atoms with Gasteiger partial charge in [0.05, 0.1) is 10.7 Å². The van der Waals surface area contributed by atoms with E-state index in [2.05, 4.69) is 21.2 Å². The van der Waals surface area contributed by atoms with Crippen molar-refractivity contribution >= 4 is 39.1 Å². The van der Waals surface area contributed by atoms with E-state index in [1.54, 1.807) is 12.1 Å². The molecule has 2 rings (SSSR count). The second kappa shape index (κ2) is 6.29. The number of amides is 1. The van der Waals surface area contributed by atoms with Crippen LogP contribution in [0.3, 0.4) is 0 Å². The molecule has 2 aromatic carbocycles. The Balaban J connectivity index is 2.15. The number of hydrogen-bond donors (Lipinski definition) is 2. The fourth-order valence-electron chi connectivity index (χ4n) is 1.87. The fourth-order valence-corrected chi connectivity index (χ4v) is 2.42. The highest BCUT2D eigenvalue weighted by Crippen LogP contribution is 2.26. The summed E-state index contributed by atoms with van der Waals surface area (Å²) < 4.78 is 0.963. The van der Waals surface area contributed by atoms with E-state index in [4.69, 9.17) is 17.3 Å². The van der Waals surface area contributed by atoms with Crippen molar-refractivity contribution < 1.29 is 4.79 Å². The number of carbonyl (C=O) groups excluding carboxylic acids is 1. The molecule has 20 heavy (non-hydrogen) atoms. The van der Waals surface area contributed by atoms with Gasteiger partial charge >= 0.3 is 0 Å². The van der Waals surface area contributed by atoms with E-state index in [0.717, 1.165) is 21.3 Å². The van der Waals surface area contributed by atoms with Crippen LogP contribution in [-0.2, 0) is 6.54 Å². The van der Waals surface area contributed by atoms with E-state index in [9.17, 15) is 4.79 Å². The lowest BCUT2D eigenvalue weighted by atomic mass is 10.0. The highest BCUT2D eigenvalue weighted by molar-refractivity contribution is 9.10. The number of nitrogens with one attached hydrogen (secondary N) is 1. The zero-order valence-corrected chi connectivity index (χ0v) is 13.3. The highest BCUT2D eigenvalue weighted by atomic mass is 79.9. The Kier molecular flexibility index (Phi) is 4.68. The molecular weight excluding hydrogens is 340 g/mol. The molecule has 2 aromatic rings. The first-order chi connectivity index (χ1) is 9.47. The highest BCUT2D eigenvalue weighted by Gasteiger charge is 2.05. The molecule has 0 aliphatic carbocycles. The molecule has 0 aliphatic rings. The minimum Gasteiger partial charge on any atom is -0.380 e. The van der Waals surface area contributed by atoms with Crippen LogP contribution in [0.5, 0.6) is 0 Å². The zero-order valence-electron chi connectivity index (χ0n) is 10.9. The van der Waals surface area contributed by atoms with Crippen LogP contribution in [0, 0.1) is 6.92 Å². The molecule has 0 aliphatic heterocycles. The van der Waals surface area contributed by atoms with E-state index in [1.807, 2.05) is 31.2 Å². The third-order valence-corrected chi connectivity index (χ3v) is 3.85. The molecule has 0 saturated heterocycles. The first-order valence-electron chi connectivity index (χ1n) is 6.05. The maximum Gasteiger partial charge on any atom is 0.248 e. The smallest absolute Gasteiger partial charge is 0.248 e. The molecule has 0 saturated carbocycles. The second-order valence-electron chi connectivity index (χ2n) is 4.48. The van der Waals surface area contributed by atoms with E-state index in [1.165, 1.54) is 0 Å². The van der Waals surface area contributed by atoms with Crippen molar-refractivity contribution in [1.82, 2.24) is 0 Å². The predicted octanol–water partition coefficient (Wildman–Crippen LogP) is 4.12. The normalized spacial score (nSPS) is 10.3. The lowest BCUT2D eigenvalue weighted by Crippen LogP contribution is -2.11. The van der Waals surface area contributed by atoms with Crippen molar-refractivity contribution in [2.75, 3.05) is 5.32 Å². The first-order valence-corrected chi connectivity index (χ1v) is 7.22. The lowest BCUT2D eigenvalue weighted by molar-refractivity contribution is 0.1000. The molecule has 0 radical (unpaired) electrons. The number of rotatable bonds is 4. The molecule has 1 amide bonds. The molecule has 0 aromatic heterocycles. The SMILES string of the molecule is Cc1cc(C(N)=O)ccc1CNc1cc(Br)ccc1Cl. The van der Waals surface area contributed by atoms with Gasteiger partial charge in [-0.1, -0.05) is 33.6 Å². The molecule has 0 heterocycles. The second-order valence-corrected chi connectivity index (χ2v) is 5.81. The molecular formula is C15H14BrClN2O. The topological polar surface area (TPSA) is 55.1 Å². The summed E-state index contributed by atoms with van der Waals surface area (Å²) in [5, 5.41) is 3.95. The summed E-state index contributed by atoms with van der Waals surface area (Å²) in [5.74, 6) is -0.414. The monoisotopic (exact) mass is 352 g/mol. The summed E-state index contributed by atoms with van der Waals surface area (Å²) in [6.07, 6.45) is 0. The van der Waals surface area contributed by atoms with Gasteiger partial charge in [-0.2, -0.15) is 0 Å². The van der Waals surface area contributed by atoms with Gasteiger partial charge in [0.15, 0.2) is 0 Å². The number of aryl methyl sites for hydroxylation is 1. The molecule has 3 nitrogen and oxygen atoms in total. The van der Waals surface area contributed by atoms with Crippen LogP contribution in [0.2, 0.25) is 5.02 Å². The summed E-state index contributed by atoms with van der Waals surface area (Å²) in [6, 6.07) is 11.1. The minimum atomic E-state index is -0.414. The number of nitrogens with two attached hydrogens (primary N) is 1. The number of anilines is 1. The van der Waals surface area contributed by atoms with Crippen molar-refractivity contribution in [2.45, 2.75) is 13.5 Å². The van der Waals surface area contributed by atoms with Gasteiger partial charge in [0.2, 0.25) is 5.91 Å². The van der Waals surface area contributed by atoms with Gasteiger partial charge in [-0.3, -0.25) is 4.79 Å². The van der Waals surface area contributed by atoms with Gasteiger partial charge in [-0.05, 0) is 48.4 Å². The van der Waals surface area contributed by atoms with Gasteiger partial charge in [-0.15, -0.1) is 0 Å². The lowest BCUT2D eigenvalue weighted by Gasteiger charge is -2.11. The predicted molar refractivity (Wildman–Crippen MR) is 86.2 cm³/mol. The fraction of sp³-hybridized carbons (Fsp3) is 0.133. The molecule has 0 unspecified atom stereocenters. The molecule has 104 valence electrons. The van der Waals surface area contributed by atoms with Crippen molar-refractivity contribution in [3.8, 4) is 0 Å². The molecule has 3 N–H and O–H groups in total. The minimum absolute atomic E-state index is 0.414. The number of halogens is 2. The van der Waals surface area contributed by atoms with Crippen molar-refractivity contribution in [1.29, 1.82) is 0 Å². The quantitative estimate of drug-likeness (QED) is 0.868. The standard InChI is InChI=1S/C15H14BrClN2O/c1-9-6-10(15(18)20)2-3-11(9)8-19-14-7-12(16)4-5-13(14)17/h2-7,19H,8H2,1H3,(H2,18,20). The Labute approximate surface area is 131 Å². The van der Waals surface area contributed by atoms with Crippen LogP contribution in [0.15, 0.2) is 40.9 Å². The van der Waals surface area contributed by atoms with Gasteiger partial charge in [0, 0.05) is 16.6 Å². The molecule has 0 spiro atoms. The van der Waals surface area contributed by atoms with E-state index in [-0.39, 0.29) is 0 Å². The van der Waals surface area contributed by atoms with Crippen molar-refractivity contribution in [3.05, 3.63) is 62.6 Å². The van der Waals surface area contributed by atoms with Crippen molar-refractivity contribution in [2.24, 2.45) is 5.73 Å². The largest absolute Gasteiger partial charge is 0.380 e. The summed E-state index contributed by atoms with van der Waals surface area (Å²) in [5.41, 5.74) is 8.74. The average molecular weight is 354 g/mol. The molecule has 0 bridgehead atoms. The van der Waals surface area contributed by atoms with Crippen molar-refractivity contribution in [3.63, 3.8) is 0 Å². The summed E-state index contributed by atoms with van der Waals surface area (Å²) >= 11 is 9.54. The maximum atomic E-state index is 11.1. The Morgan fingerprint density at radius 3 is 2.70 bits per heavy atom. The van der Waals surface area contributed by atoms with Crippen LogP contribution in [0.1, 0.15) is 21.5 Å². The molecule has 0 fully saturated rings. The van der Waals surface area contributed by atoms with Crippen LogP contribution in [0.25, 0.3) is 0 Å². The number of hydrogen-bond acceptors (Lipinski definition) is 2. The first kappa shape index (κ1) is 14.9. The Hall–Kier alpha value is -1.52. The summed E-state index contributed by atoms with van der Waals surface area (Å²) in [7, 11) is 0. The van der Waals surface area contributed by atoms with Crippen LogP contribution in [-0.4, -0.2) is 5.91 Å². The van der Waals surface area contributed by atoms with Gasteiger partial charge in [0.25, 0.3) is 0 Å². The Bertz CT molecular complexity index is 658. The van der Waals surface area contributed by atoms with Crippen LogP contribution >= 0.6 is 27.5 Å². The number of carbonyl (C=O) groups is 1. The van der Waals surface area contributed by atoms with Gasteiger partial charge in [-0.25, -0.2) is 0 Å². The third kappa shape index (κ3) is 3.52. The summed E-state index contributed by atoms with van der Waals surface area (Å²) in [6.45, 7) is 2.58. The van der Waals surface area contributed by atoms with Crippen LogP contribution < -0.4 is 11.1 Å². The van der Waals surface area contributed by atoms with E-state index >= 15 is 0 Å². The molecule has 5 heteroatoms. The van der Waals surface area contributed by atoms with Gasteiger partial charge in [0.1, 0.15) is 0 Å². The maximum absolute atomic E-state index is 11.1. The number of primary amides is 1. The Morgan fingerprint density at radius 1 is 1.30 bits per heavy atom. The Morgan fingerprint density at radius 2 is 2.05 bits per heavy atom. The van der Waals surface area contributed by atoms with E-state index < -0.39 is 5.91 Å². The molecule has 0 atom stereocenters. The zero-order chi connectivity index (χ0) is 14.7. The van der Waals surface area contributed by atoms with E-state index in [0.29, 0.717) is 17.1 Å².